The number of fused-ring (bicyclic) bond motifs is 1. The van der Waals surface area contributed by atoms with Gasteiger partial charge in [-0.25, -0.2) is 0 Å². The second-order valence-electron chi connectivity index (χ2n) is 8.28. The van der Waals surface area contributed by atoms with Gasteiger partial charge in [0.05, 0.1) is 31.5 Å². The number of hydrogen-bond acceptors (Lipinski definition) is 9. The molecular formula is C21H29NO8. The molecule has 0 radical (unpaired) electrons. The summed E-state index contributed by atoms with van der Waals surface area (Å²) in [5.74, 6) is -0.182. The third-order valence-electron chi connectivity index (χ3n) is 6.34. The van der Waals surface area contributed by atoms with Crippen molar-refractivity contribution in [2.45, 2.75) is 61.4 Å². The molecule has 2 fully saturated rings. The number of hydrogen-bond donors (Lipinski definition) is 7. The van der Waals surface area contributed by atoms with E-state index >= 15 is 0 Å². The normalized spacial score (nSPS) is 44.3. The molecule has 0 spiro atoms. The first kappa shape index (κ1) is 21.8. The average molecular weight is 423 g/mol. The third-order valence-corrected chi connectivity index (χ3v) is 6.34. The Kier molecular flexibility index (Phi) is 6.54. The molecule has 9 nitrogen and oxygen atoms in total. The van der Waals surface area contributed by atoms with Gasteiger partial charge in [0.15, 0.2) is 6.29 Å². The molecule has 9 heteroatoms. The molecule has 1 aliphatic heterocycles. The lowest BCUT2D eigenvalue weighted by atomic mass is 9.78. The van der Waals surface area contributed by atoms with Crippen LogP contribution in [-0.4, -0.2) is 92.6 Å². The van der Waals surface area contributed by atoms with E-state index in [9.17, 15) is 30.6 Å². The van der Waals surface area contributed by atoms with Crippen molar-refractivity contribution >= 4 is 0 Å². The Morgan fingerprint density at radius 3 is 2.37 bits per heavy atom. The van der Waals surface area contributed by atoms with E-state index in [2.05, 4.69) is 5.32 Å². The summed E-state index contributed by atoms with van der Waals surface area (Å²) in [6.07, 6.45) is -5.88. The maximum Gasteiger partial charge on any atom is 0.184 e. The summed E-state index contributed by atoms with van der Waals surface area (Å²) in [6.45, 7) is -0.134. The minimum absolute atomic E-state index is 0.182. The monoisotopic (exact) mass is 423 g/mol. The molecule has 0 aromatic heterocycles. The molecule has 1 heterocycles. The maximum absolute atomic E-state index is 10.7. The van der Waals surface area contributed by atoms with Gasteiger partial charge < -0.3 is 45.4 Å². The van der Waals surface area contributed by atoms with Crippen LogP contribution in [0.5, 0.6) is 0 Å². The zero-order chi connectivity index (χ0) is 21.4. The van der Waals surface area contributed by atoms with Crippen molar-refractivity contribution in [1.29, 1.82) is 0 Å². The zero-order valence-corrected chi connectivity index (χ0v) is 16.4. The highest BCUT2D eigenvalue weighted by Gasteiger charge is 2.49. The quantitative estimate of drug-likeness (QED) is 0.278. The lowest BCUT2D eigenvalue weighted by Gasteiger charge is -2.48. The molecule has 4 rings (SSSR count). The van der Waals surface area contributed by atoms with Gasteiger partial charge >= 0.3 is 0 Å². The molecule has 3 aliphatic rings. The number of aliphatic hydroxyl groups is 6. The standard InChI is InChI=1S/C21H29NO8/c23-8-11-6-13(16(25)18(27)15(11)24)22-14-7-12-9-29-21(10-4-2-1-3-5-10)30-20(12)19(28)17(14)26/h1-6,12-28H,7-9H2. The van der Waals surface area contributed by atoms with E-state index in [-0.39, 0.29) is 11.5 Å². The van der Waals surface area contributed by atoms with Gasteiger partial charge in [-0.3, -0.25) is 0 Å². The maximum atomic E-state index is 10.7. The van der Waals surface area contributed by atoms with Gasteiger partial charge in [0.1, 0.15) is 24.4 Å². The molecule has 0 amide bonds. The Labute approximate surface area is 174 Å². The van der Waals surface area contributed by atoms with E-state index in [0.29, 0.717) is 13.0 Å². The van der Waals surface area contributed by atoms with Crippen molar-refractivity contribution in [3.8, 4) is 0 Å². The number of aliphatic hydroxyl groups excluding tert-OH is 6. The summed E-state index contributed by atoms with van der Waals surface area (Å²) in [4.78, 5) is 0. The molecule has 7 N–H and O–H groups in total. The molecule has 2 aliphatic carbocycles. The Balaban J connectivity index is 1.45. The fraction of sp³-hybridized carbons (Fsp3) is 0.619. The van der Waals surface area contributed by atoms with Crippen molar-refractivity contribution < 1.29 is 40.1 Å². The summed E-state index contributed by atoms with van der Waals surface area (Å²) < 4.78 is 11.8. The van der Waals surface area contributed by atoms with Gasteiger partial charge in [0, 0.05) is 17.5 Å². The van der Waals surface area contributed by atoms with Crippen LogP contribution in [0.4, 0.5) is 0 Å². The SMILES string of the molecule is OCC1=CC(NC2CC3COC(c4ccccc4)OC3C(O)C2O)C(O)C(O)C1O. The van der Waals surface area contributed by atoms with Crippen LogP contribution in [0.25, 0.3) is 0 Å². The van der Waals surface area contributed by atoms with E-state index in [0.717, 1.165) is 5.56 Å². The molecule has 1 saturated carbocycles. The Bertz CT molecular complexity index is 744. The molecule has 30 heavy (non-hydrogen) atoms. The van der Waals surface area contributed by atoms with Crippen molar-refractivity contribution in [1.82, 2.24) is 5.32 Å². The lowest BCUT2D eigenvalue weighted by molar-refractivity contribution is -0.284. The first-order valence-electron chi connectivity index (χ1n) is 10.2. The highest BCUT2D eigenvalue weighted by Crippen LogP contribution is 2.38. The summed E-state index contributed by atoms with van der Waals surface area (Å²) in [7, 11) is 0. The van der Waals surface area contributed by atoms with Gasteiger partial charge in [-0.2, -0.15) is 0 Å². The Morgan fingerprint density at radius 1 is 0.933 bits per heavy atom. The Hall–Kier alpha value is -1.40. The highest BCUT2D eigenvalue weighted by atomic mass is 16.7. The number of benzene rings is 1. The van der Waals surface area contributed by atoms with Gasteiger partial charge in [0.2, 0.25) is 0 Å². The summed E-state index contributed by atoms with van der Waals surface area (Å²) >= 11 is 0. The van der Waals surface area contributed by atoms with Gasteiger partial charge in [0.25, 0.3) is 0 Å². The van der Waals surface area contributed by atoms with E-state index in [1.54, 1.807) is 0 Å². The smallest absolute Gasteiger partial charge is 0.184 e. The van der Waals surface area contributed by atoms with Crippen molar-refractivity contribution in [3.63, 3.8) is 0 Å². The van der Waals surface area contributed by atoms with Gasteiger partial charge in [-0.1, -0.05) is 36.4 Å². The largest absolute Gasteiger partial charge is 0.392 e. The number of nitrogens with one attached hydrogen (secondary N) is 1. The molecule has 10 atom stereocenters. The van der Waals surface area contributed by atoms with E-state index in [1.165, 1.54) is 6.08 Å². The van der Waals surface area contributed by atoms with Crippen molar-refractivity contribution in [2.75, 3.05) is 13.2 Å². The van der Waals surface area contributed by atoms with Crippen LogP contribution in [0.3, 0.4) is 0 Å². The molecule has 1 saturated heterocycles. The predicted molar refractivity (Wildman–Crippen MR) is 104 cm³/mol. The molecule has 166 valence electrons. The fourth-order valence-corrected chi connectivity index (χ4v) is 4.60. The molecule has 1 aromatic rings. The third kappa shape index (κ3) is 4.05. The van der Waals surface area contributed by atoms with Crippen LogP contribution in [0.1, 0.15) is 18.3 Å². The summed E-state index contributed by atoms with van der Waals surface area (Å²) in [5.41, 5.74) is 1.02. The van der Waals surface area contributed by atoms with Gasteiger partial charge in [-0.15, -0.1) is 0 Å². The fourth-order valence-electron chi connectivity index (χ4n) is 4.60. The van der Waals surface area contributed by atoms with Gasteiger partial charge in [-0.05, 0) is 12.0 Å². The van der Waals surface area contributed by atoms with Crippen LogP contribution >= 0.6 is 0 Å². The first-order chi connectivity index (χ1) is 14.4. The van der Waals surface area contributed by atoms with Crippen LogP contribution in [0, 0.1) is 5.92 Å². The minimum atomic E-state index is -1.47. The van der Waals surface area contributed by atoms with E-state index < -0.39 is 61.6 Å². The van der Waals surface area contributed by atoms with Crippen molar-refractivity contribution in [3.05, 3.63) is 47.5 Å². The second-order valence-corrected chi connectivity index (χ2v) is 8.28. The highest BCUT2D eigenvalue weighted by molar-refractivity contribution is 5.22. The minimum Gasteiger partial charge on any atom is -0.392 e. The van der Waals surface area contributed by atoms with Crippen LogP contribution < -0.4 is 5.32 Å². The van der Waals surface area contributed by atoms with Crippen LogP contribution in [-0.2, 0) is 9.47 Å². The molecular weight excluding hydrogens is 394 g/mol. The summed E-state index contributed by atoms with van der Waals surface area (Å²) in [6, 6.07) is 7.95. The first-order valence-corrected chi connectivity index (χ1v) is 10.2. The van der Waals surface area contributed by atoms with Crippen LogP contribution in [0.15, 0.2) is 42.0 Å². The summed E-state index contributed by atoms with van der Waals surface area (Å²) in [5, 5.41) is 64.1. The van der Waals surface area contributed by atoms with Crippen LogP contribution in [0.2, 0.25) is 0 Å². The number of ether oxygens (including phenoxy) is 2. The molecule has 10 unspecified atom stereocenters. The zero-order valence-electron chi connectivity index (χ0n) is 16.4. The number of rotatable bonds is 4. The Morgan fingerprint density at radius 2 is 1.67 bits per heavy atom. The molecule has 1 aromatic carbocycles. The second kappa shape index (κ2) is 8.99. The topological polar surface area (TPSA) is 152 Å². The van der Waals surface area contributed by atoms with E-state index in [4.69, 9.17) is 9.47 Å². The van der Waals surface area contributed by atoms with Crippen molar-refractivity contribution in [2.24, 2.45) is 5.92 Å². The predicted octanol–water partition coefficient (Wildman–Crippen LogP) is -1.82. The van der Waals surface area contributed by atoms with E-state index in [1.807, 2.05) is 30.3 Å². The lowest BCUT2D eigenvalue weighted by Crippen LogP contribution is -2.64. The molecule has 0 bridgehead atoms. The average Bonchev–Trinajstić information content (AvgIpc) is 2.78.